The van der Waals surface area contributed by atoms with Crippen LogP contribution in [0.25, 0.3) is 0 Å². The van der Waals surface area contributed by atoms with Crippen molar-refractivity contribution in [1.82, 2.24) is 0 Å². The third-order valence-corrected chi connectivity index (χ3v) is 5.71. The normalized spacial score (nSPS) is 14.4. The van der Waals surface area contributed by atoms with Gasteiger partial charge in [-0.2, -0.15) is 0 Å². The molecule has 3 nitrogen and oxygen atoms in total. The van der Waals surface area contributed by atoms with Crippen LogP contribution in [0.15, 0.2) is 36.4 Å². The Hall–Kier alpha value is -1.84. The SMILES string of the molecule is CC(CCCl)C(=O)c1ccc2c(c1)Cc1cc(C(=O)C(C)CCCl)ccc1O2. The zero-order valence-corrected chi connectivity index (χ0v) is 17.6. The van der Waals surface area contributed by atoms with E-state index in [1.165, 1.54) is 0 Å². The first kappa shape index (κ1) is 20.9. The maximum Gasteiger partial charge on any atom is 0.165 e. The second kappa shape index (κ2) is 9.11. The molecular weight excluding hydrogens is 395 g/mol. The molecule has 28 heavy (non-hydrogen) atoms. The smallest absolute Gasteiger partial charge is 0.165 e. The van der Waals surface area contributed by atoms with E-state index in [0.717, 1.165) is 22.6 Å². The molecule has 3 rings (SSSR count). The van der Waals surface area contributed by atoms with Gasteiger partial charge in [0, 0.05) is 52.3 Å². The van der Waals surface area contributed by atoms with Gasteiger partial charge in [0.2, 0.25) is 0 Å². The van der Waals surface area contributed by atoms with Gasteiger partial charge < -0.3 is 4.74 Å². The summed E-state index contributed by atoms with van der Waals surface area (Å²) >= 11 is 11.5. The molecule has 0 spiro atoms. The van der Waals surface area contributed by atoms with E-state index < -0.39 is 0 Å². The van der Waals surface area contributed by atoms with Crippen molar-refractivity contribution < 1.29 is 14.3 Å². The number of carbonyl (C=O) groups excluding carboxylic acids is 2. The number of carbonyl (C=O) groups is 2. The Morgan fingerprint density at radius 3 is 1.68 bits per heavy atom. The van der Waals surface area contributed by atoms with Gasteiger partial charge in [-0.25, -0.2) is 0 Å². The standard InChI is InChI=1S/C23H24Cl2O3/c1-14(7-9-24)22(26)16-3-5-20-18(11-16)13-19-12-17(4-6-21(19)28-20)23(27)15(2)8-10-25/h3-6,11-12,14-15H,7-10,13H2,1-2H3. The summed E-state index contributed by atoms with van der Waals surface area (Å²) in [7, 11) is 0. The molecule has 0 bridgehead atoms. The number of benzene rings is 2. The Morgan fingerprint density at radius 2 is 1.29 bits per heavy atom. The molecule has 2 aromatic rings. The van der Waals surface area contributed by atoms with Gasteiger partial charge in [0.05, 0.1) is 0 Å². The molecule has 148 valence electrons. The number of halogens is 2. The largest absolute Gasteiger partial charge is 0.457 e. The topological polar surface area (TPSA) is 43.4 Å². The minimum atomic E-state index is -0.111. The van der Waals surface area contributed by atoms with Crippen LogP contribution >= 0.6 is 23.2 Å². The molecule has 5 heteroatoms. The van der Waals surface area contributed by atoms with Crippen LogP contribution in [0.5, 0.6) is 11.5 Å². The minimum Gasteiger partial charge on any atom is -0.457 e. The van der Waals surface area contributed by atoms with Crippen molar-refractivity contribution in [2.75, 3.05) is 11.8 Å². The fraction of sp³-hybridized carbons (Fsp3) is 0.391. The highest BCUT2D eigenvalue weighted by Crippen LogP contribution is 2.38. The summed E-state index contributed by atoms with van der Waals surface area (Å²) in [5, 5.41) is 0. The van der Waals surface area contributed by atoms with E-state index >= 15 is 0 Å². The molecule has 1 heterocycles. The molecule has 2 aromatic carbocycles. The molecule has 1 aliphatic rings. The lowest BCUT2D eigenvalue weighted by atomic mass is 9.91. The van der Waals surface area contributed by atoms with Gasteiger partial charge in [0.1, 0.15) is 11.5 Å². The van der Waals surface area contributed by atoms with Gasteiger partial charge in [-0.05, 0) is 49.2 Å². The molecule has 2 unspecified atom stereocenters. The van der Waals surface area contributed by atoms with Gasteiger partial charge >= 0.3 is 0 Å². The number of Topliss-reactive ketones (excluding diaryl/α,β-unsaturated/α-hetero) is 2. The molecular formula is C23H24Cl2O3. The number of ketones is 2. The van der Waals surface area contributed by atoms with Crippen LogP contribution in [-0.4, -0.2) is 23.3 Å². The highest BCUT2D eigenvalue weighted by Gasteiger charge is 2.23. The summed E-state index contributed by atoms with van der Waals surface area (Å²) in [6.45, 7) is 3.80. The fourth-order valence-corrected chi connectivity index (χ4v) is 4.08. The maximum atomic E-state index is 12.6. The number of fused-ring (bicyclic) bond motifs is 2. The van der Waals surface area contributed by atoms with E-state index in [-0.39, 0.29) is 23.4 Å². The van der Waals surface area contributed by atoms with E-state index in [1.54, 1.807) is 0 Å². The molecule has 2 atom stereocenters. The van der Waals surface area contributed by atoms with Crippen LogP contribution in [-0.2, 0) is 6.42 Å². The van der Waals surface area contributed by atoms with Gasteiger partial charge in [-0.15, -0.1) is 23.2 Å². The molecule has 0 radical (unpaired) electrons. The Balaban J connectivity index is 1.84. The monoisotopic (exact) mass is 418 g/mol. The van der Waals surface area contributed by atoms with E-state index in [9.17, 15) is 9.59 Å². The van der Waals surface area contributed by atoms with Crippen LogP contribution in [0.2, 0.25) is 0 Å². The predicted molar refractivity (Wildman–Crippen MR) is 113 cm³/mol. The second-order valence-corrected chi connectivity index (χ2v) is 8.17. The summed E-state index contributed by atoms with van der Waals surface area (Å²) in [4.78, 5) is 25.2. The number of ether oxygens (including phenoxy) is 1. The van der Waals surface area contributed by atoms with Crippen molar-refractivity contribution in [2.24, 2.45) is 11.8 Å². The molecule has 1 aliphatic heterocycles. The van der Waals surface area contributed by atoms with Crippen molar-refractivity contribution in [3.8, 4) is 11.5 Å². The average Bonchev–Trinajstić information content (AvgIpc) is 2.70. The molecule has 0 saturated heterocycles. The molecule has 0 saturated carbocycles. The summed E-state index contributed by atoms with van der Waals surface area (Å²) in [5.74, 6) is 2.40. The van der Waals surface area contributed by atoms with Gasteiger partial charge in [-0.1, -0.05) is 13.8 Å². The number of alkyl halides is 2. The number of hydrogen-bond acceptors (Lipinski definition) is 3. The lowest BCUT2D eigenvalue weighted by Gasteiger charge is -2.22. The van der Waals surface area contributed by atoms with E-state index in [4.69, 9.17) is 27.9 Å². The maximum absolute atomic E-state index is 12.6. The fourth-order valence-electron chi connectivity index (χ4n) is 3.42. The molecule has 0 N–H and O–H groups in total. The van der Waals surface area contributed by atoms with Crippen LogP contribution in [0.3, 0.4) is 0 Å². The van der Waals surface area contributed by atoms with Crippen molar-refractivity contribution >= 4 is 34.8 Å². The quantitative estimate of drug-likeness (QED) is 0.319. The Kier molecular flexibility index (Phi) is 6.79. The van der Waals surface area contributed by atoms with Crippen LogP contribution in [0, 0.1) is 11.8 Å². The second-order valence-electron chi connectivity index (χ2n) is 7.41. The van der Waals surface area contributed by atoms with Gasteiger partial charge in [-0.3, -0.25) is 9.59 Å². The van der Waals surface area contributed by atoms with Crippen LogP contribution < -0.4 is 4.74 Å². The minimum absolute atomic E-state index is 0.0908. The summed E-state index contributed by atoms with van der Waals surface area (Å²) in [5.41, 5.74) is 3.25. The van der Waals surface area contributed by atoms with E-state index in [0.29, 0.717) is 42.1 Å². The molecule has 0 amide bonds. The molecule has 0 aliphatic carbocycles. The van der Waals surface area contributed by atoms with Crippen molar-refractivity contribution in [3.63, 3.8) is 0 Å². The Bertz CT molecular complexity index is 820. The van der Waals surface area contributed by atoms with Crippen molar-refractivity contribution in [2.45, 2.75) is 33.1 Å². The highest BCUT2D eigenvalue weighted by atomic mass is 35.5. The van der Waals surface area contributed by atoms with Crippen LogP contribution in [0.1, 0.15) is 58.5 Å². The molecule has 0 fully saturated rings. The Labute approximate surface area is 176 Å². The lowest BCUT2D eigenvalue weighted by Crippen LogP contribution is -2.14. The van der Waals surface area contributed by atoms with Gasteiger partial charge in [0.25, 0.3) is 0 Å². The number of rotatable bonds is 8. The first-order valence-corrected chi connectivity index (χ1v) is 10.7. The third kappa shape index (κ3) is 4.42. The zero-order valence-electron chi connectivity index (χ0n) is 16.1. The summed E-state index contributed by atoms with van der Waals surface area (Å²) < 4.78 is 6.00. The van der Waals surface area contributed by atoms with Crippen LogP contribution in [0.4, 0.5) is 0 Å². The number of hydrogen-bond donors (Lipinski definition) is 0. The van der Waals surface area contributed by atoms with Crippen molar-refractivity contribution in [1.29, 1.82) is 0 Å². The first-order valence-electron chi connectivity index (χ1n) is 9.58. The summed E-state index contributed by atoms with van der Waals surface area (Å²) in [6.07, 6.45) is 1.94. The third-order valence-electron chi connectivity index (χ3n) is 5.27. The first-order chi connectivity index (χ1) is 13.4. The average molecular weight is 419 g/mol. The van der Waals surface area contributed by atoms with Crippen molar-refractivity contribution in [3.05, 3.63) is 58.7 Å². The van der Waals surface area contributed by atoms with Gasteiger partial charge in [0.15, 0.2) is 11.6 Å². The van der Waals surface area contributed by atoms with E-state index in [1.807, 2.05) is 50.2 Å². The highest BCUT2D eigenvalue weighted by molar-refractivity contribution is 6.18. The zero-order chi connectivity index (χ0) is 20.3. The Morgan fingerprint density at radius 1 is 0.857 bits per heavy atom. The lowest BCUT2D eigenvalue weighted by molar-refractivity contribution is 0.0920. The van der Waals surface area contributed by atoms with E-state index in [2.05, 4.69) is 0 Å². The summed E-state index contributed by atoms with van der Waals surface area (Å²) in [6, 6.07) is 11.1. The molecule has 0 aromatic heterocycles. The predicted octanol–water partition coefficient (Wildman–Crippen LogP) is 6.28.